The maximum atomic E-state index is 12.6. The predicted molar refractivity (Wildman–Crippen MR) is 72.5 cm³/mol. The summed E-state index contributed by atoms with van der Waals surface area (Å²) >= 11 is 0. The van der Waals surface area contributed by atoms with Crippen molar-refractivity contribution >= 4 is 0 Å². The van der Waals surface area contributed by atoms with Gasteiger partial charge in [-0.2, -0.15) is 13.2 Å². The molecule has 2 nitrogen and oxygen atoms in total. The molecular weight excluding hydrogens is 267 g/mol. The molecule has 1 aromatic rings. The molecule has 0 unspecified atom stereocenters. The molecule has 0 aromatic heterocycles. The van der Waals surface area contributed by atoms with Crippen LogP contribution in [0.1, 0.15) is 25.8 Å². The van der Waals surface area contributed by atoms with Crippen molar-refractivity contribution in [2.75, 3.05) is 0 Å². The molecule has 0 atom stereocenters. The van der Waals surface area contributed by atoms with Gasteiger partial charge in [-0.3, -0.25) is 0 Å². The third-order valence-corrected chi connectivity index (χ3v) is 2.78. The van der Waals surface area contributed by atoms with Crippen LogP contribution in [0.4, 0.5) is 13.2 Å². The van der Waals surface area contributed by atoms with Gasteiger partial charge >= 0.3 is 6.18 Å². The van der Waals surface area contributed by atoms with E-state index in [0.717, 1.165) is 11.6 Å². The van der Waals surface area contributed by atoms with Crippen LogP contribution in [-0.2, 0) is 11.3 Å². The molecule has 0 amide bonds. The number of hydrogen-bond acceptors (Lipinski definition) is 2. The van der Waals surface area contributed by atoms with E-state index >= 15 is 0 Å². The van der Waals surface area contributed by atoms with Gasteiger partial charge in [0.25, 0.3) is 0 Å². The Labute approximate surface area is 116 Å². The molecule has 110 valence electrons. The van der Waals surface area contributed by atoms with Crippen molar-refractivity contribution in [3.05, 3.63) is 59.0 Å². The van der Waals surface area contributed by atoms with Crippen LogP contribution in [0.2, 0.25) is 0 Å². The first kappa shape index (κ1) is 16.1. The standard InChI is InChI=1S/C15H18F3NO/c1-3-13(15(16,17)18)9-14(19)11(2)20-10-12-7-5-4-6-8-12/h4-9H,3,10,19H2,1-2H3/b13-9+,14-11-. The number of nitrogens with two attached hydrogens (primary N) is 1. The largest absolute Gasteiger partial charge is 0.491 e. The molecule has 0 bridgehead atoms. The van der Waals surface area contributed by atoms with Gasteiger partial charge in [0, 0.05) is 5.57 Å². The molecule has 1 aromatic carbocycles. The zero-order valence-corrected chi connectivity index (χ0v) is 11.5. The maximum Gasteiger partial charge on any atom is 0.412 e. The minimum Gasteiger partial charge on any atom is -0.491 e. The Bertz CT molecular complexity index is 490. The van der Waals surface area contributed by atoms with Crippen molar-refractivity contribution in [1.82, 2.24) is 0 Å². The molecular formula is C15H18F3NO. The molecule has 0 saturated heterocycles. The number of benzene rings is 1. The highest BCUT2D eigenvalue weighted by Crippen LogP contribution is 2.28. The smallest absolute Gasteiger partial charge is 0.412 e. The third-order valence-electron chi connectivity index (χ3n) is 2.78. The number of allylic oxidation sites excluding steroid dienone is 3. The summed E-state index contributed by atoms with van der Waals surface area (Å²) in [5.74, 6) is 0.282. The van der Waals surface area contributed by atoms with E-state index in [0.29, 0.717) is 0 Å². The molecule has 5 heteroatoms. The van der Waals surface area contributed by atoms with Crippen LogP contribution in [0.5, 0.6) is 0 Å². The summed E-state index contributed by atoms with van der Waals surface area (Å²) in [5, 5.41) is 0. The second kappa shape index (κ2) is 7.03. The minimum atomic E-state index is -4.36. The summed E-state index contributed by atoms with van der Waals surface area (Å²) in [5.41, 5.74) is 5.89. The molecule has 2 N–H and O–H groups in total. The fourth-order valence-corrected chi connectivity index (χ4v) is 1.52. The van der Waals surface area contributed by atoms with Gasteiger partial charge in [0.2, 0.25) is 0 Å². The Morgan fingerprint density at radius 1 is 1.25 bits per heavy atom. The van der Waals surface area contributed by atoms with Crippen LogP contribution in [-0.4, -0.2) is 6.18 Å². The molecule has 1 rings (SSSR count). The van der Waals surface area contributed by atoms with E-state index in [4.69, 9.17) is 10.5 Å². The van der Waals surface area contributed by atoms with Crippen LogP contribution in [0.15, 0.2) is 53.4 Å². The highest BCUT2D eigenvalue weighted by molar-refractivity contribution is 5.25. The van der Waals surface area contributed by atoms with E-state index in [9.17, 15) is 13.2 Å². The topological polar surface area (TPSA) is 35.2 Å². The van der Waals surface area contributed by atoms with Gasteiger partial charge in [-0.15, -0.1) is 0 Å². The maximum absolute atomic E-state index is 12.6. The summed E-state index contributed by atoms with van der Waals surface area (Å²) in [4.78, 5) is 0. The average molecular weight is 285 g/mol. The van der Waals surface area contributed by atoms with Gasteiger partial charge < -0.3 is 10.5 Å². The van der Waals surface area contributed by atoms with Gasteiger partial charge in [0.15, 0.2) is 0 Å². The first-order chi connectivity index (χ1) is 9.34. The van der Waals surface area contributed by atoms with Crippen LogP contribution >= 0.6 is 0 Å². The fourth-order valence-electron chi connectivity index (χ4n) is 1.52. The highest BCUT2D eigenvalue weighted by Gasteiger charge is 2.32. The Balaban J connectivity index is 2.77. The fraction of sp³-hybridized carbons (Fsp3) is 0.333. The first-order valence-corrected chi connectivity index (χ1v) is 6.25. The molecule has 0 saturated carbocycles. The summed E-state index contributed by atoms with van der Waals surface area (Å²) in [6.07, 6.45) is -3.56. The van der Waals surface area contributed by atoms with Crippen molar-refractivity contribution in [3.8, 4) is 0 Å². The number of rotatable bonds is 5. The monoisotopic (exact) mass is 285 g/mol. The predicted octanol–water partition coefficient (Wildman–Crippen LogP) is 4.29. The van der Waals surface area contributed by atoms with Crippen molar-refractivity contribution in [2.45, 2.75) is 33.1 Å². The van der Waals surface area contributed by atoms with Crippen LogP contribution in [0.25, 0.3) is 0 Å². The molecule has 0 aliphatic heterocycles. The average Bonchev–Trinajstić information content (AvgIpc) is 2.41. The summed E-state index contributed by atoms with van der Waals surface area (Å²) in [6.45, 7) is 3.26. The Kier molecular flexibility index (Phi) is 5.67. The van der Waals surface area contributed by atoms with Crippen molar-refractivity contribution < 1.29 is 17.9 Å². The lowest BCUT2D eigenvalue weighted by atomic mass is 10.1. The molecule has 0 aliphatic rings. The normalized spacial score (nSPS) is 13.9. The summed E-state index contributed by atoms with van der Waals surface area (Å²) in [6, 6.07) is 9.33. The van der Waals surface area contributed by atoms with Gasteiger partial charge in [-0.1, -0.05) is 37.3 Å². The number of alkyl halides is 3. The second-order valence-electron chi connectivity index (χ2n) is 4.31. The Hall–Kier alpha value is -1.91. The molecule has 0 spiro atoms. The van der Waals surface area contributed by atoms with E-state index in [1.165, 1.54) is 6.92 Å². The molecule has 0 heterocycles. The lowest BCUT2D eigenvalue weighted by Crippen LogP contribution is -2.13. The zero-order chi connectivity index (χ0) is 15.2. The van der Waals surface area contributed by atoms with E-state index in [1.54, 1.807) is 6.92 Å². The van der Waals surface area contributed by atoms with Gasteiger partial charge in [0.1, 0.15) is 12.4 Å². The SMILES string of the molecule is CC/C(=C\C(N)=C(/C)OCc1ccccc1)C(F)(F)F. The molecule has 20 heavy (non-hydrogen) atoms. The van der Waals surface area contributed by atoms with E-state index in [1.807, 2.05) is 30.3 Å². The first-order valence-electron chi connectivity index (χ1n) is 6.25. The zero-order valence-electron chi connectivity index (χ0n) is 11.5. The Morgan fingerprint density at radius 3 is 2.35 bits per heavy atom. The quantitative estimate of drug-likeness (QED) is 0.647. The van der Waals surface area contributed by atoms with E-state index in [-0.39, 0.29) is 24.5 Å². The number of hydrogen-bond donors (Lipinski definition) is 1. The Morgan fingerprint density at radius 2 is 1.85 bits per heavy atom. The van der Waals surface area contributed by atoms with Gasteiger partial charge in [-0.25, -0.2) is 0 Å². The molecule has 0 radical (unpaired) electrons. The van der Waals surface area contributed by atoms with Gasteiger partial charge in [-0.05, 0) is 25.0 Å². The van der Waals surface area contributed by atoms with E-state index in [2.05, 4.69) is 0 Å². The van der Waals surface area contributed by atoms with Crippen molar-refractivity contribution in [2.24, 2.45) is 5.73 Å². The molecule has 0 fully saturated rings. The summed E-state index contributed by atoms with van der Waals surface area (Å²) < 4.78 is 43.2. The molecule has 0 aliphatic carbocycles. The lowest BCUT2D eigenvalue weighted by Gasteiger charge is -2.12. The number of ether oxygens (including phenoxy) is 1. The van der Waals surface area contributed by atoms with Crippen molar-refractivity contribution in [3.63, 3.8) is 0 Å². The second-order valence-corrected chi connectivity index (χ2v) is 4.31. The highest BCUT2D eigenvalue weighted by atomic mass is 19.4. The van der Waals surface area contributed by atoms with Crippen molar-refractivity contribution in [1.29, 1.82) is 0 Å². The van der Waals surface area contributed by atoms with E-state index < -0.39 is 11.7 Å². The third kappa shape index (κ3) is 4.99. The number of halogens is 3. The van der Waals surface area contributed by atoms with Gasteiger partial charge in [0.05, 0.1) is 5.70 Å². The minimum absolute atomic E-state index is 0.00453. The van der Waals surface area contributed by atoms with Crippen LogP contribution < -0.4 is 5.73 Å². The van der Waals surface area contributed by atoms with Crippen LogP contribution in [0, 0.1) is 0 Å². The summed E-state index contributed by atoms with van der Waals surface area (Å²) in [7, 11) is 0. The lowest BCUT2D eigenvalue weighted by molar-refractivity contribution is -0.0936. The van der Waals surface area contributed by atoms with Crippen LogP contribution in [0.3, 0.4) is 0 Å².